The maximum atomic E-state index is 3.70. The van der Waals surface area contributed by atoms with E-state index in [1.54, 1.807) is 0 Å². The Balaban J connectivity index is 2.35. The SMILES string of the molecule is CCCNC(CN1CCC(C(C)C)C1)C(C)C. The Morgan fingerprint density at radius 3 is 2.41 bits per heavy atom. The van der Waals surface area contributed by atoms with Gasteiger partial charge in [0.1, 0.15) is 0 Å². The lowest BCUT2D eigenvalue weighted by Crippen LogP contribution is -2.44. The first-order chi connectivity index (χ1) is 8.04. The summed E-state index contributed by atoms with van der Waals surface area (Å²) < 4.78 is 0. The molecule has 0 aromatic carbocycles. The largest absolute Gasteiger partial charge is 0.312 e. The Morgan fingerprint density at radius 1 is 1.24 bits per heavy atom. The van der Waals surface area contributed by atoms with Gasteiger partial charge in [0, 0.05) is 19.1 Å². The van der Waals surface area contributed by atoms with Crippen molar-refractivity contribution >= 4 is 0 Å². The predicted octanol–water partition coefficient (Wildman–Crippen LogP) is 2.99. The van der Waals surface area contributed by atoms with Crippen LogP contribution in [-0.2, 0) is 0 Å². The highest BCUT2D eigenvalue weighted by atomic mass is 15.2. The summed E-state index contributed by atoms with van der Waals surface area (Å²) in [4.78, 5) is 2.66. The fourth-order valence-corrected chi connectivity index (χ4v) is 2.69. The molecule has 0 aromatic heterocycles. The fraction of sp³-hybridized carbons (Fsp3) is 1.00. The summed E-state index contributed by atoms with van der Waals surface area (Å²) in [5, 5.41) is 3.70. The lowest BCUT2D eigenvalue weighted by Gasteiger charge is -2.28. The molecular formula is C15H32N2. The van der Waals surface area contributed by atoms with Crippen molar-refractivity contribution < 1.29 is 0 Å². The minimum atomic E-state index is 0.667. The van der Waals surface area contributed by atoms with E-state index in [0.717, 1.165) is 24.3 Å². The zero-order chi connectivity index (χ0) is 12.8. The second-order valence-electron chi connectivity index (χ2n) is 6.36. The van der Waals surface area contributed by atoms with E-state index in [0.29, 0.717) is 6.04 Å². The molecule has 0 radical (unpaired) electrons. The van der Waals surface area contributed by atoms with E-state index >= 15 is 0 Å². The van der Waals surface area contributed by atoms with Gasteiger partial charge in [-0.05, 0) is 43.7 Å². The molecule has 2 atom stereocenters. The molecule has 1 aliphatic heterocycles. The Hall–Kier alpha value is -0.0800. The average molecular weight is 240 g/mol. The first-order valence-electron chi connectivity index (χ1n) is 7.50. The Kier molecular flexibility index (Phi) is 6.50. The van der Waals surface area contributed by atoms with Crippen molar-refractivity contribution in [2.45, 2.75) is 53.5 Å². The normalized spacial score (nSPS) is 23.8. The van der Waals surface area contributed by atoms with Crippen molar-refractivity contribution in [3.8, 4) is 0 Å². The van der Waals surface area contributed by atoms with Gasteiger partial charge < -0.3 is 10.2 Å². The number of rotatable bonds is 7. The Morgan fingerprint density at radius 2 is 1.94 bits per heavy atom. The van der Waals surface area contributed by atoms with Crippen molar-refractivity contribution in [3.63, 3.8) is 0 Å². The van der Waals surface area contributed by atoms with Crippen LogP contribution in [0.15, 0.2) is 0 Å². The van der Waals surface area contributed by atoms with Crippen LogP contribution in [0, 0.1) is 17.8 Å². The van der Waals surface area contributed by atoms with Gasteiger partial charge in [-0.15, -0.1) is 0 Å². The molecule has 1 rings (SSSR count). The van der Waals surface area contributed by atoms with Crippen molar-refractivity contribution in [2.75, 3.05) is 26.2 Å². The van der Waals surface area contributed by atoms with Crippen molar-refractivity contribution in [1.82, 2.24) is 10.2 Å². The highest BCUT2D eigenvalue weighted by Gasteiger charge is 2.27. The molecule has 0 saturated carbocycles. The third-order valence-electron chi connectivity index (χ3n) is 4.17. The van der Waals surface area contributed by atoms with E-state index in [9.17, 15) is 0 Å². The van der Waals surface area contributed by atoms with E-state index in [-0.39, 0.29) is 0 Å². The highest BCUT2D eigenvalue weighted by molar-refractivity contribution is 4.82. The van der Waals surface area contributed by atoms with E-state index in [1.807, 2.05) is 0 Å². The molecule has 1 aliphatic rings. The highest BCUT2D eigenvalue weighted by Crippen LogP contribution is 2.24. The number of nitrogens with one attached hydrogen (secondary N) is 1. The second-order valence-corrected chi connectivity index (χ2v) is 6.36. The molecule has 0 bridgehead atoms. The van der Waals surface area contributed by atoms with Crippen LogP contribution in [0.2, 0.25) is 0 Å². The van der Waals surface area contributed by atoms with Crippen molar-refractivity contribution in [3.05, 3.63) is 0 Å². The number of nitrogens with zero attached hydrogens (tertiary/aromatic N) is 1. The number of hydrogen-bond donors (Lipinski definition) is 1. The summed E-state index contributed by atoms with van der Waals surface area (Å²) in [6.45, 7) is 16.7. The first-order valence-corrected chi connectivity index (χ1v) is 7.50. The number of likely N-dealkylation sites (tertiary alicyclic amines) is 1. The zero-order valence-electron chi connectivity index (χ0n) is 12.5. The van der Waals surface area contributed by atoms with E-state index in [4.69, 9.17) is 0 Å². The smallest absolute Gasteiger partial charge is 0.0217 e. The first kappa shape index (κ1) is 15.0. The van der Waals surface area contributed by atoms with Crippen molar-refractivity contribution in [1.29, 1.82) is 0 Å². The van der Waals surface area contributed by atoms with Gasteiger partial charge in [-0.2, -0.15) is 0 Å². The monoisotopic (exact) mass is 240 g/mol. The predicted molar refractivity (Wildman–Crippen MR) is 76.3 cm³/mol. The van der Waals surface area contributed by atoms with Crippen LogP contribution in [0.25, 0.3) is 0 Å². The molecule has 2 nitrogen and oxygen atoms in total. The average Bonchev–Trinajstić information content (AvgIpc) is 2.72. The molecule has 0 amide bonds. The van der Waals surface area contributed by atoms with Crippen LogP contribution >= 0.6 is 0 Å². The maximum Gasteiger partial charge on any atom is 0.0217 e. The second kappa shape index (κ2) is 7.38. The quantitative estimate of drug-likeness (QED) is 0.736. The lowest BCUT2D eigenvalue weighted by molar-refractivity contribution is 0.241. The van der Waals surface area contributed by atoms with Crippen LogP contribution in [0.4, 0.5) is 0 Å². The molecule has 102 valence electrons. The summed E-state index contributed by atoms with van der Waals surface area (Å²) in [7, 11) is 0. The molecule has 2 heteroatoms. The molecule has 1 N–H and O–H groups in total. The molecule has 1 heterocycles. The van der Waals surface area contributed by atoms with E-state index < -0.39 is 0 Å². The Bertz CT molecular complexity index is 201. The topological polar surface area (TPSA) is 15.3 Å². The van der Waals surface area contributed by atoms with Gasteiger partial charge in [-0.3, -0.25) is 0 Å². The van der Waals surface area contributed by atoms with Gasteiger partial charge >= 0.3 is 0 Å². The molecule has 1 fully saturated rings. The Labute approximate surface area is 108 Å². The van der Waals surface area contributed by atoms with Crippen LogP contribution in [0.5, 0.6) is 0 Å². The van der Waals surface area contributed by atoms with Gasteiger partial charge in [0.05, 0.1) is 0 Å². The van der Waals surface area contributed by atoms with Crippen LogP contribution in [-0.4, -0.2) is 37.1 Å². The third kappa shape index (κ3) is 4.97. The minimum Gasteiger partial charge on any atom is -0.312 e. The van der Waals surface area contributed by atoms with Gasteiger partial charge in [0.2, 0.25) is 0 Å². The van der Waals surface area contributed by atoms with Gasteiger partial charge in [-0.1, -0.05) is 34.6 Å². The van der Waals surface area contributed by atoms with Crippen molar-refractivity contribution in [2.24, 2.45) is 17.8 Å². The standard InChI is InChI=1S/C15H32N2/c1-6-8-16-15(13(4)5)11-17-9-7-14(10-17)12(2)3/h12-16H,6-11H2,1-5H3. The summed E-state index contributed by atoms with van der Waals surface area (Å²) in [5.74, 6) is 2.51. The molecule has 2 unspecified atom stereocenters. The van der Waals surface area contributed by atoms with Crippen LogP contribution in [0.1, 0.15) is 47.5 Å². The van der Waals surface area contributed by atoms with Crippen LogP contribution in [0.3, 0.4) is 0 Å². The molecule has 0 aromatic rings. The molecule has 1 saturated heterocycles. The zero-order valence-corrected chi connectivity index (χ0v) is 12.5. The van der Waals surface area contributed by atoms with Gasteiger partial charge in [0.15, 0.2) is 0 Å². The maximum absolute atomic E-state index is 3.70. The third-order valence-corrected chi connectivity index (χ3v) is 4.17. The summed E-state index contributed by atoms with van der Waals surface area (Å²) >= 11 is 0. The van der Waals surface area contributed by atoms with E-state index in [2.05, 4.69) is 44.8 Å². The molecule has 0 spiro atoms. The van der Waals surface area contributed by atoms with Gasteiger partial charge in [0.25, 0.3) is 0 Å². The summed E-state index contributed by atoms with van der Waals surface area (Å²) in [6, 6.07) is 0.667. The fourth-order valence-electron chi connectivity index (χ4n) is 2.69. The summed E-state index contributed by atoms with van der Waals surface area (Å²) in [6.07, 6.45) is 2.63. The number of hydrogen-bond acceptors (Lipinski definition) is 2. The van der Waals surface area contributed by atoms with Crippen LogP contribution < -0.4 is 5.32 Å². The minimum absolute atomic E-state index is 0.667. The lowest BCUT2D eigenvalue weighted by atomic mass is 9.95. The summed E-state index contributed by atoms with van der Waals surface area (Å²) in [5.41, 5.74) is 0. The molecule has 0 aliphatic carbocycles. The van der Waals surface area contributed by atoms with Gasteiger partial charge in [-0.25, -0.2) is 0 Å². The van der Waals surface area contributed by atoms with E-state index in [1.165, 1.54) is 32.5 Å². The molecular weight excluding hydrogens is 208 g/mol. The molecule has 17 heavy (non-hydrogen) atoms.